The van der Waals surface area contributed by atoms with Gasteiger partial charge in [-0.3, -0.25) is 4.90 Å². The van der Waals surface area contributed by atoms with Crippen molar-refractivity contribution >= 4 is 0 Å². The molecule has 0 atom stereocenters. The summed E-state index contributed by atoms with van der Waals surface area (Å²) in [5, 5.41) is 3.45. The SMILES string of the molecule is CC(C)NCCN1CCN(C)CC1. The van der Waals surface area contributed by atoms with E-state index in [1.165, 1.54) is 32.7 Å². The molecule has 1 aliphatic rings. The molecule has 13 heavy (non-hydrogen) atoms. The van der Waals surface area contributed by atoms with Crippen LogP contribution in [0.3, 0.4) is 0 Å². The predicted molar refractivity (Wildman–Crippen MR) is 57.1 cm³/mol. The van der Waals surface area contributed by atoms with Crippen molar-refractivity contribution in [1.29, 1.82) is 0 Å². The van der Waals surface area contributed by atoms with E-state index in [-0.39, 0.29) is 0 Å². The van der Waals surface area contributed by atoms with Crippen LogP contribution in [0.15, 0.2) is 0 Å². The van der Waals surface area contributed by atoms with Gasteiger partial charge in [-0.1, -0.05) is 13.8 Å². The summed E-state index contributed by atoms with van der Waals surface area (Å²) in [5.41, 5.74) is 0. The first-order valence-electron chi connectivity index (χ1n) is 5.33. The largest absolute Gasteiger partial charge is 0.313 e. The average molecular weight is 185 g/mol. The molecule has 1 fully saturated rings. The quantitative estimate of drug-likeness (QED) is 0.676. The lowest BCUT2D eigenvalue weighted by Crippen LogP contribution is -2.46. The first kappa shape index (κ1) is 11.0. The van der Waals surface area contributed by atoms with Gasteiger partial charge in [0.2, 0.25) is 0 Å². The second kappa shape index (κ2) is 5.58. The summed E-state index contributed by atoms with van der Waals surface area (Å²) >= 11 is 0. The van der Waals surface area contributed by atoms with Gasteiger partial charge in [0, 0.05) is 45.3 Å². The Morgan fingerprint density at radius 3 is 2.31 bits per heavy atom. The zero-order chi connectivity index (χ0) is 9.68. The molecule has 0 radical (unpaired) electrons. The lowest BCUT2D eigenvalue weighted by Gasteiger charge is -2.32. The molecule has 78 valence electrons. The second-order valence-electron chi connectivity index (χ2n) is 4.25. The molecule has 1 N–H and O–H groups in total. The molecule has 1 aliphatic heterocycles. The monoisotopic (exact) mass is 185 g/mol. The van der Waals surface area contributed by atoms with Crippen LogP contribution in [0.2, 0.25) is 0 Å². The molecule has 1 saturated heterocycles. The van der Waals surface area contributed by atoms with Crippen molar-refractivity contribution in [3.63, 3.8) is 0 Å². The average Bonchev–Trinajstić information content (AvgIpc) is 2.08. The zero-order valence-electron chi connectivity index (χ0n) is 9.21. The maximum atomic E-state index is 3.45. The van der Waals surface area contributed by atoms with E-state index in [0.717, 1.165) is 6.54 Å². The molecular weight excluding hydrogens is 162 g/mol. The van der Waals surface area contributed by atoms with E-state index in [9.17, 15) is 0 Å². The van der Waals surface area contributed by atoms with Gasteiger partial charge in [0.25, 0.3) is 0 Å². The van der Waals surface area contributed by atoms with Gasteiger partial charge in [0.05, 0.1) is 0 Å². The lowest BCUT2D eigenvalue weighted by molar-refractivity contribution is 0.154. The summed E-state index contributed by atoms with van der Waals surface area (Å²) < 4.78 is 0. The van der Waals surface area contributed by atoms with E-state index in [1.807, 2.05) is 0 Å². The van der Waals surface area contributed by atoms with Crippen LogP contribution in [0.1, 0.15) is 13.8 Å². The normalized spacial score (nSPS) is 21.2. The molecule has 1 rings (SSSR count). The van der Waals surface area contributed by atoms with Crippen LogP contribution in [-0.4, -0.2) is 62.2 Å². The number of likely N-dealkylation sites (N-methyl/N-ethyl adjacent to an activating group) is 1. The van der Waals surface area contributed by atoms with E-state index in [4.69, 9.17) is 0 Å². The third-order valence-corrected chi connectivity index (χ3v) is 2.58. The highest BCUT2D eigenvalue weighted by molar-refractivity contribution is 4.70. The fraction of sp³-hybridized carbons (Fsp3) is 1.00. The molecule has 0 saturated carbocycles. The highest BCUT2D eigenvalue weighted by atomic mass is 15.2. The topological polar surface area (TPSA) is 18.5 Å². The first-order chi connectivity index (χ1) is 6.18. The smallest absolute Gasteiger partial charge is 0.0110 e. The number of piperazine rings is 1. The predicted octanol–water partition coefficient (Wildman–Crippen LogP) is 0.232. The minimum Gasteiger partial charge on any atom is -0.313 e. The van der Waals surface area contributed by atoms with Crippen molar-refractivity contribution in [2.45, 2.75) is 19.9 Å². The zero-order valence-corrected chi connectivity index (χ0v) is 9.21. The van der Waals surface area contributed by atoms with Gasteiger partial charge in [-0.05, 0) is 7.05 Å². The van der Waals surface area contributed by atoms with Crippen molar-refractivity contribution in [2.24, 2.45) is 0 Å². The molecule has 3 heteroatoms. The highest BCUT2D eigenvalue weighted by Gasteiger charge is 2.12. The molecule has 1 heterocycles. The Morgan fingerprint density at radius 1 is 1.15 bits per heavy atom. The molecule has 0 amide bonds. The number of hydrogen-bond acceptors (Lipinski definition) is 3. The summed E-state index contributed by atoms with van der Waals surface area (Å²) in [6.45, 7) is 11.6. The van der Waals surface area contributed by atoms with Crippen molar-refractivity contribution in [1.82, 2.24) is 15.1 Å². The van der Waals surface area contributed by atoms with E-state index in [0.29, 0.717) is 6.04 Å². The first-order valence-corrected chi connectivity index (χ1v) is 5.33. The second-order valence-corrected chi connectivity index (χ2v) is 4.25. The molecular formula is C10H23N3. The maximum absolute atomic E-state index is 3.45. The number of hydrogen-bond donors (Lipinski definition) is 1. The minimum atomic E-state index is 0.618. The molecule has 0 aromatic heterocycles. The van der Waals surface area contributed by atoms with Crippen LogP contribution in [-0.2, 0) is 0 Å². The number of nitrogens with one attached hydrogen (secondary N) is 1. The lowest BCUT2D eigenvalue weighted by atomic mass is 10.3. The van der Waals surface area contributed by atoms with Crippen LogP contribution in [0.4, 0.5) is 0 Å². The van der Waals surface area contributed by atoms with Crippen LogP contribution in [0.5, 0.6) is 0 Å². The molecule has 3 nitrogen and oxygen atoms in total. The molecule has 0 aliphatic carbocycles. The molecule has 0 bridgehead atoms. The molecule has 0 spiro atoms. The Kier molecular flexibility index (Phi) is 4.70. The fourth-order valence-electron chi connectivity index (χ4n) is 1.58. The van der Waals surface area contributed by atoms with Crippen LogP contribution >= 0.6 is 0 Å². The van der Waals surface area contributed by atoms with Gasteiger partial charge in [0.1, 0.15) is 0 Å². The number of rotatable bonds is 4. The Balaban J connectivity index is 2.02. The van der Waals surface area contributed by atoms with Crippen LogP contribution in [0, 0.1) is 0 Å². The summed E-state index contributed by atoms with van der Waals surface area (Å²) in [6.07, 6.45) is 0. The van der Waals surface area contributed by atoms with E-state index in [1.54, 1.807) is 0 Å². The van der Waals surface area contributed by atoms with Gasteiger partial charge in [-0.2, -0.15) is 0 Å². The van der Waals surface area contributed by atoms with Crippen molar-refractivity contribution in [3.8, 4) is 0 Å². The van der Waals surface area contributed by atoms with Gasteiger partial charge < -0.3 is 10.2 Å². The van der Waals surface area contributed by atoms with Crippen LogP contribution in [0.25, 0.3) is 0 Å². The van der Waals surface area contributed by atoms with E-state index >= 15 is 0 Å². The Morgan fingerprint density at radius 2 is 1.77 bits per heavy atom. The standard InChI is InChI=1S/C10H23N3/c1-10(2)11-4-5-13-8-6-12(3)7-9-13/h10-11H,4-9H2,1-3H3. The van der Waals surface area contributed by atoms with Crippen LogP contribution < -0.4 is 5.32 Å². The van der Waals surface area contributed by atoms with E-state index < -0.39 is 0 Å². The van der Waals surface area contributed by atoms with Crippen molar-refractivity contribution < 1.29 is 0 Å². The van der Waals surface area contributed by atoms with E-state index in [2.05, 4.69) is 36.0 Å². The molecule has 0 unspecified atom stereocenters. The summed E-state index contributed by atoms with van der Waals surface area (Å²) in [5.74, 6) is 0. The maximum Gasteiger partial charge on any atom is 0.0110 e. The molecule has 0 aromatic carbocycles. The highest BCUT2D eigenvalue weighted by Crippen LogP contribution is 1.97. The molecule has 0 aromatic rings. The third-order valence-electron chi connectivity index (χ3n) is 2.58. The van der Waals surface area contributed by atoms with Gasteiger partial charge in [0.15, 0.2) is 0 Å². The van der Waals surface area contributed by atoms with Gasteiger partial charge in [-0.15, -0.1) is 0 Å². The van der Waals surface area contributed by atoms with Crippen molar-refractivity contribution in [3.05, 3.63) is 0 Å². The van der Waals surface area contributed by atoms with Crippen molar-refractivity contribution in [2.75, 3.05) is 46.3 Å². The third kappa shape index (κ3) is 4.60. The van der Waals surface area contributed by atoms with Gasteiger partial charge >= 0.3 is 0 Å². The fourth-order valence-corrected chi connectivity index (χ4v) is 1.58. The Hall–Kier alpha value is -0.120. The Bertz CT molecular complexity index is 128. The number of nitrogens with zero attached hydrogens (tertiary/aromatic N) is 2. The van der Waals surface area contributed by atoms with Gasteiger partial charge in [-0.25, -0.2) is 0 Å². The summed E-state index contributed by atoms with van der Waals surface area (Å²) in [7, 11) is 2.20. The summed E-state index contributed by atoms with van der Waals surface area (Å²) in [4.78, 5) is 4.93. The minimum absolute atomic E-state index is 0.618. The Labute approximate surface area is 82.1 Å². The summed E-state index contributed by atoms with van der Waals surface area (Å²) in [6, 6.07) is 0.618.